The van der Waals surface area contributed by atoms with Gasteiger partial charge in [-0.25, -0.2) is 5.84 Å². The number of Topliss-reactive ketones (excluding diaryl/α,β-unsaturated/α-hetero) is 1. The van der Waals surface area contributed by atoms with Crippen LogP contribution in [-0.4, -0.2) is 21.0 Å². The maximum absolute atomic E-state index is 13.0. The van der Waals surface area contributed by atoms with Gasteiger partial charge < -0.3 is 5.32 Å². The Bertz CT molecular complexity index is 797. The molecule has 1 aromatic carbocycles. The average molecular weight is 400 g/mol. The van der Waals surface area contributed by atoms with Gasteiger partial charge in [-0.05, 0) is 24.3 Å². The smallest absolute Gasteiger partial charge is 0.341 e. The van der Waals surface area contributed by atoms with Crippen LogP contribution in [0.4, 0.5) is 24.5 Å². The molecule has 0 aliphatic rings. The summed E-state index contributed by atoms with van der Waals surface area (Å²) in [6, 6.07) is 8.25. The normalized spacial score (nSPS) is 11.1. The second-order valence-corrected chi connectivity index (χ2v) is 6.78. The molecule has 0 radical (unpaired) electrons. The minimum Gasteiger partial charge on any atom is -0.341 e. The molecule has 1 heterocycles. The van der Waals surface area contributed by atoms with E-state index in [-0.39, 0.29) is 21.7 Å². The van der Waals surface area contributed by atoms with E-state index in [9.17, 15) is 18.0 Å². The Morgan fingerprint density at radius 2 is 2.00 bits per heavy atom. The lowest BCUT2D eigenvalue weighted by Crippen LogP contribution is -2.31. The first-order valence-electron chi connectivity index (χ1n) is 7.27. The molecule has 2 aromatic rings. The summed E-state index contributed by atoms with van der Waals surface area (Å²) in [6.45, 7) is 1.40. The molecule has 0 saturated carbocycles. The highest BCUT2D eigenvalue weighted by atomic mass is 32.2. The molecule has 3 N–H and O–H groups in total. The summed E-state index contributed by atoms with van der Waals surface area (Å²) in [6.07, 6.45) is -3.04. The third-order valence-electron chi connectivity index (χ3n) is 3.24. The maximum atomic E-state index is 13.0. The molecule has 0 aliphatic carbocycles. The number of anilines is 2. The fraction of sp³-hybridized carbons (Fsp3) is 0.188. The lowest BCUT2D eigenvalue weighted by Gasteiger charge is -2.19. The molecule has 0 saturated heterocycles. The molecule has 0 atom stereocenters. The van der Waals surface area contributed by atoms with Crippen LogP contribution < -0.4 is 16.2 Å². The van der Waals surface area contributed by atoms with E-state index in [4.69, 9.17) is 18.1 Å². The zero-order chi connectivity index (χ0) is 19.3. The Morgan fingerprint density at radius 1 is 1.31 bits per heavy atom. The Hall–Kier alpha value is -2.17. The molecule has 138 valence electrons. The minimum atomic E-state index is -4.48. The number of aromatic nitrogens is 1. The van der Waals surface area contributed by atoms with Crippen molar-refractivity contribution in [3.63, 3.8) is 0 Å². The maximum Gasteiger partial charge on any atom is 0.418 e. The van der Waals surface area contributed by atoms with Gasteiger partial charge in [-0.3, -0.25) is 14.8 Å². The molecular formula is C16H15F3N4OS2. The average Bonchev–Trinajstić information content (AvgIpc) is 2.59. The summed E-state index contributed by atoms with van der Waals surface area (Å²) in [7, 11) is 0. The molecule has 0 fully saturated rings. The fourth-order valence-corrected chi connectivity index (χ4v) is 2.81. The molecule has 10 heteroatoms. The van der Waals surface area contributed by atoms with E-state index in [0.717, 1.165) is 17.8 Å². The van der Waals surface area contributed by atoms with Gasteiger partial charge in [0.2, 0.25) is 0 Å². The first-order chi connectivity index (χ1) is 12.2. The van der Waals surface area contributed by atoms with E-state index < -0.39 is 11.7 Å². The third-order valence-corrected chi connectivity index (χ3v) is 4.47. The number of carbonyl (C=O) groups is 1. The van der Waals surface area contributed by atoms with Crippen LogP contribution in [0, 0.1) is 0 Å². The summed E-state index contributed by atoms with van der Waals surface area (Å²) in [5, 5.41) is 3.90. The minimum absolute atomic E-state index is 0.117. The Labute approximate surface area is 157 Å². The number of para-hydroxylation sites is 1. The quantitative estimate of drug-likeness (QED) is 0.258. The van der Waals surface area contributed by atoms with Gasteiger partial charge in [0.05, 0.1) is 29.0 Å². The van der Waals surface area contributed by atoms with E-state index in [2.05, 4.69) is 10.3 Å². The van der Waals surface area contributed by atoms with Gasteiger partial charge in [0.25, 0.3) is 0 Å². The number of benzene rings is 1. The Balaban J connectivity index is 1.96. The lowest BCUT2D eigenvalue weighted by atomic mass is 10.2. The van der Waals surface area contributed by atoms with E-state index in [1.165, 1.54) is 36.3 Å². The Morgan fingerprint density at radius 3 is 2.58 bits per heavy atom. The number of carbonyl (C=O) groups excluding carboxylic acids is 1. The SMILES string of the molecule is CC(=O)c1ccc(N(N)CSC(=S)Nc2ccccc2C(F)(F)F)cn1. The number of hydrazine groups is 1. The largest absolute Gasteiger partial charge is 0.418 e. The summed E-state index contributed by atoms with van der Waals surface area (Å²) in [5.41, 5.74) is -0.0538. The molecule has 0 aliphatic heterocycles. The number of halogens is 3. The summed E-state index contributed by atoms with van der Waals surface area (Å²) >= 11 is 6.15. The third kappa shape index (κ3) is 5.41. The molecule has 0 spiro atoms. The highest BCUT2D eigenvalue weighted by molar-refractivity contribution is 8.23. The number of rotatable bonds is 5. The predicted octanol–water partition coefficient (Wildman–Crippen LogP) is 4.07. The van der Waals surface area contributed by atoms with Crippen molar-refractivity contribution in [1.82, 2.24) is 4.98 Å². The van der Waals surface area contributed by atoms with Crippen molar-refractivity contribution in [2.75, 3.05) is 16.2 Å². The molecule has 0 bridgehead atoms. The van der Waals surface area contributed by atoms with Gasteiger partial charge >= 0.3 is 6.18 Å². The molecule has 0 amide bonds. The number of nitrogens with one attached hydrogen (secondary N) is 1. The molecule has 1 aromatic heterocycles. The van der Waals surface area contributed by atoms with Crippen LogP contribution in [0.3, 0.4) is 0 Å². The van der Waals surface area contributed by atoms with Crippen molar-refractivity contribution in [3.8, 4) is 0 Å². The summed E-state index contributed by atoms with van der Waals surface area (Å²) in [5.74, 6) is 5.90. The van der Waals surface area contributed by atoms with Gasteiger partial charge in [-0.1, -0.05) is 36.1 Å². The highest BCUT2D eigenvalue weighted by Gasteiger charge is 2.33. The first-order valence-corrected chi connectivity index (χ1v) is 8.67. The number of nitrogens with two attached hydrogens (primary N) is 1. The van der Waals surface area contributed by atoms with Crippen molar-refractivity contribution in [3.05, 3.63) is 53.9 Å². The molecule has 0 unspecified atom stereocenters. The second-order valence-electron chi connectivity index (χ2n) is 5.16. The number of alkyl halides is 3. The Kier molecular flexibility index (Phi) is 6.57. The van der Waals surface area contributed by atoms with Gasteiger partial charge in [0.1, 0.15) is 10.0 Å². The second kappa shape index (κ2) is 8.47. The van der Waals surface area contributed by atoms with Crippen LogP contribution >= 0.6 is 24.0 Å². The monoisotopic (exact) mass is 400 g/mol. The van der Waals surface area contributed by atoms with Gasteiger partial charge in [-0.2, -0.15) is 13.2 Å². The van der Waals surface area contributed by atoms with Gasteiger partial charge in [-0.15, -0.1) is 0 Å². The zero-order valence-electron chi connectivity index (χ0n) is 13.6. The number of thioether (sulfide) groups is 1. The number of thiocarbonyl (C=S) groups is 1. The summed E-state index contributed by atoms with van der Waals surface area (Å²) in [4.78, 5) is 15.2. The van der Waals surface area contributed by atoms with E-state index in [1.54, 1.807) is 12.1 Å². The number of nitrogens with zero attached hydrogens (tertiary/aromatic N) is 2. The van der Waals surface area contributed by atoms with Crippen molar-refractivity contribution >= 4 is 45.5 Å². The van der Waals surface area contributed by atoms with Crippen LogP contribution in [0.2, 0.25) is 0 Å². The zero-order valence-corrected chi connectivity index (χ0v) is 15.2. The topological polar surface area (TPSA) is 71.2 Å². The van der Waals surface area contributed by atoms with E-state index >= 15 is 0 Å². The fourth-order valence-electron chi connectivity index (χ4n) is 1.95. The number of hydrogen-bond acceptors (Lipinski definition) is 6. The van der Waals surface area contributed by atoms with Crippen LogP contribution in [0.15, 0.2) is 42.6 Å². The van der Waals surface area contributed by atoms with Crippen LogP contribution in [0.5, 0.6) is 0 Å². The molecule has 2 rings (SSSR count). The predicted molar refractivity (Wildman–Crippen MR) is 101 cm³/mol. The van der Waals surface area contributed by atoms with Gasteiger partial charge in [0.15, 0.2) is 5.78 Å². The summed E-state index contributed by atoms with van der Waals surface area (Å²) < 4.78 is 39.1. The number of hydrogen-bond donors (Lipinski definition) is 2. The van der Waals surface area contributed by atoms with Crippen LogP contribution in [0.25, 0.3) is 0 Å². The number of pyridine rings is 1. The first kappa shape index (κ1) is 20.1. The molecular weight excluding hydrogens is 385 g/mol. The highest BCUT2D eigenvalue weighted by Crippen LogP contribution is 2.35. The van der Waals surface area contributed by atoms with Crippen molar-refractivity contribution < 1.29 is 18.0 Å². The van der Waals surface area contributed by atoms with E-state index in [0.29, 0.717) is 11.4 Å². The molecule has 5 nitrogen and oxygen atoms in total. The van der Waals surface area contributed by atoms with Crippen molar-refractivity contribution in [1.29, 1.82) is 0 Å². The van der Waals surface area contributed by atoms with Crippen LogP contribution in [-0.2, 0) is 6.18 Å². The van der Waals surface area contributed by atoms with E-state index in [1.807, 2.05) is 0 Å². The van der Waals surface area contributed by atoms with Gasteiger partial charge in [0, 0.05) is 6.92 Å². The number of ketones is 1. The van der Waals surface area contributed by atoms with Crippen LogP contribution in [0.1, 0.15) is 23.0 Å². The van der Waals surface area contributed by atoms with Crippen molar-refractivity contribution in [2.24, 2.45) is 5.84 Å². The van der Waals surface area contributed by atoms with Crippen molar-refractivity contribution in [2.45, 2.75) is 13.1 Å². The lowest BCUT2D eigenvalue weighted by molar-refractivity contribution is -0.136. The standard InChI is InChI=1S/C16H15F3N4OS2/c1-10(24)13-7-6-11(8-21-13)23(20)9-26-15(25)22-14-5-3-2-4-12(14)16(17,18)19/h2-8H,9,20H2,1H3,(H,22,25). The molecule has 26 heavy (non-hydrogen) atoms.